The monoisotopic (exact) mass is 266 g/mol. The van der Waals surface area contributed by atoms with Crippen molar-refractivity contribution >= 4 is 0 Å². The van der Waals surface area contributed by atoms with Crippen molar-refractivity contribution in [1.82, 2.24) is 10.2 Å². The van der Waals surface area contributed by atoms with Crippen LogP contribution >= 0.6 is 0 Å². The molecule has 0 radical (unpaired) electrons. The van der Waals surface area contributed by atoms with Crippen LogP contribution in [0.5, 0.6) is 5.75 Å². The molecule has 0 aliphatic carbocycles. The van der Waals surface area contributed by atoms with Gasteiger partial charge in [0, 0.05) is 11.6 Å². The number of nitrogens with one attached hydrogen (secondary N) is 1. The third kappa shape index (κ3) is 3.91. The lowest BCUT2D eigenvalue weighted by atomic mass is 9.96. The summed E-state index contributed by atoms with van der Waals surface area (Å²) >= 11 is 0. The lowest BCUT2D eigenvalue weighted by molar-refractivity contribution is 0.213. The molecule has 1 fully saturated rings. The average Bonchev–Trinajstić information content (AvgIpc) is 2.40. The van der Waals surface area contributed by atoms with Crippen LogP contribution < -0.4 is 5.32 Å². The van der Waals surface area contributed by atoms with Crippen molar-refractivity contribution in [2.45, 2.75) is 25.8 Å². The molecule has 0 amide bonds. The molecule has 1 aliphatic rings. The van der Waals surface area contributed by atoms with Crippen LogP contribution in [-0.2, 0) is 0 Å². The molecule has 2 N–H and O–H groups in total. The number of phenols is 1. The van der Waals surface area contributed by atoms with Crippen LogP contribution in [0.4, 0.5) is 4.39 Å². The largest absolute Gasteiger partial charge is 0.508 e. The van der Waals surface area contributed by atoms with Gasteiger partial charge in [-0.2, -0.15) is 0 Å². The molecule has 2 rings (SSSR count). The van der Waals surface area contributed by atoms with Gasteiger partial charge in [0.15, 0.2) is 0 Å². The maximum Gasteiger partial charge on any atom is 0.123 e. The average molecular weight is 266 g/mol. The number of likely N-dealkylation sites (tertiary alicyclic amines) is 1. The Kier molecular flexibility index (Phi) is 4.77. The predicted molar refractivity (Wildman–Crippen MR) is 74.7 cm³/mol. The minimum Gasteiger partial charge on any atom is -0.508 e. The first kappa shape index (κ1) is 14.3. The van der Waals surface area contributed by atoms with E-state index in [-0.39, 0.29) is 17.6 Å². The highest BCUT2D eigenvalue weighted by molar-refractivity contribution is 5.34. The summed E-state index contributed by atoms with van der Waals surface area (Å²) in [5.74, 6) is 0.528. The van der Waals surface area contributed by atoms with Gasteiger partial charge in [-0.1, -0.05) is 0 Å². The highest BCUT2D eigenvalue weighted by atomic mass is 19.1. The number of aromatic hydroxyl groups is 1. The quantitative estimate of drug-likeness (QED) is 0.879. The van der Waals surface area contributed by atoms with Crippen LogP contribution in [0.3, 0.4) is 0 Å². The van der Waals surface area contributed by atoms with Crippen LogP contribution in [0, 0.1) is 11.7 Å². The van der Waals surface area contributed by atoms with Crippen LogP contribution in [0.25, 0.3) is 0 Å². The van der Waals surface area contributed by atoms with Crippen LogP contribution in [0.15, 0.2) is 18.2 Å². The minimum absolute atomic E-state index is 0.0321. The molecule has 0 bridgehead atoms. The van der Waals surface area contributed by atoms with Crippen molar-refractivity contribution in [2.75, 3.05) is 26.7 Å². The molecule has 0 aromatic heterocycles. The third-order valence-electron chi connectivity index (χ3n) is 4.01. The first-order valence-corrected chi connectivity index (χ1v) is 6.96. The van der Waals surface area contributed by atoms with Gasteiger partial charge >= 0.3 is 0 Å². The van der Waals surface area contributed by atoms with Crippen LogP contribution in [0.1, 0.15) is 31.4 Å². The van der Waals surface area contributed by atoms with E-state index >= 15 is 0 Å². The fraction of sp³-hybridized carbons (Fsp3) is 0.600. The molecular formula is C15H23FN2O. The van der Waals surface area contributed by atoms with Crippen LogP contribution in [0.2, 0.25) is 0 Å². The zero-order chi connectivity index (χ0) is 13.8. The zero-order valence-corrected chi connectivity index (χ0v) is 11.7. The van der Waals surface area contributed by atoms with Gasteiger partial charge < -0.3 is 15.3 Å². The van der Waals surface area contributed by atoms with E-state index in [4.69, 9.17) is 0 Å². The van der Waals surface area contributed by atoms with E-state index in [2.05, 4.69) is 17.3 Å². The maximum atomic E-state index is 13.2. The van der Waals surface area contributed by atoms with Gasteiger partial charge in [-0.15, -0.1) is 0 Å². The second kappa shape index (κ2) is 6.35. The molecule has 1 aromatic carbocycles. The second-order valence-corrected chi connectivity index (χ2v) is 5.58. The Labute approximate surface area is 114 Å². The van der Waals surface area contributed by atoms with Gasteiger partial charge in [-0.3, -0.25) is 0 Å². The van der Waals surface area contributed by atoms with E-state index in [0.717, 1.165) is 19.6 Å². The molecule has 0 saturated carbocycles. The number of hydrogen-bond donors (Lipinski definition) is 2. The van der Waals surface area contributed by atoms with Gasteiger partial charge in [-0.25, -0.2) is 4.39 Å². The molecule has 3 nitrogen and oxygen atoms in total. The normalized spacial score (nSPS) is 19.5. The molecule has 106 valence electrons. The number of benzene rings is 1. The molecule has 1 heterocycles. The number of rotatable bonds is 4. The highest BCUT2D eigenvalue weighted by Gasteiger charge is 2.18. The fourth-order valence-corrected chi connectivity index (χ4v) is 2.59. The summed E-state index contributed by atoms with van der Waals surface area (Å²) in [5.41, 5.74) is 0.632. The molecular weight excluding hydrogens is 243 g/mol. The van der Waals surface area contributed by atoms with Gasteiger partial charge in [0.25, 0.3) is 0 Å². The number of halogens is 1. The standard InChI is InChI=1S/C15H23FN2O/c1-11(14-9-13(16)3-4-15(14)19)17-10-12-5-7-18(2)8-6-12/h3-4,9,11-12,17,19H,5-8,10H2,1-2H3. The predicted octanol–water partition coefficient (Wildman–Crippen LogP) is 2.52. The van der Waals surface area contributed by atoms with E-state index in [1.54, 1.807) is 0 Å². The lowest BCUT2D eigenvalue weighted by Crippen LogP contribution is -2.35. The van der Waals surface area contributed by atoms with Crippen molar-refractivity contribution < 1.29 is 9.50 Å². The summed E-state index contributed by atoms with van der Waals surface area (Å²) in [6, 6.07) is 4.07. The molecule has 1 saturated heterocycles. The smallest absolute Gasteiger partial charge is 0.123 e. The van der Waals surface area contributed by atoms with Crippen molar-refractivity contribution in [3.05, 3.63) is 29.6 Å². The number of nitrogens with zero attached hydrogens (tertiary/aromatic N) is 1. The lowest BCUT2D eigenvalue weighted by Gasteiger charge is -2.30. The van der Waals surface area contributed by atoms with E-state index < -0.39 is 0 Å². The summed E-state index contributed by atoms with van der Waals surface area (Å²) in [7, 11) is 2.15. The Balaban J connectivity index is 1.87. The van der Waals surface area contributed by atoms with Gasteiger partial charge in [0.1, 0.15) is 11.6 Å². The van der Waals surface area contributed by atoms with Gasteiger partial charge in [0.05, 0.1) is 0 Å². The number of hydrogen-bond acceptors (Lipinski definition) is 3. The number of phenolic OH excluding ortho intramolecular Hbond substituents is 1. The molecule has 4 heteroatoms. The fourth-order valence-electron chi connectivity index (χ4n) is 2.59. The summed E-state index contributed by atoms with van der Waals surface area (Å²) in [6.45, 7) is 5.17. The Hall–Kier alpha value is -1.13. The zero-order valence-electron chi connectivity index (χ0n) is 11.7. The first-order chi connectivity index (χ1) is 9.06. The second-order valence-electron chi connectivity index (χ2n) is 5.58. The summed E-state index contributed by atoms with van der Waals surface area (Å²) in [5, 5.41) is 13.2. The number of piperidine rings is 1. The van der Waals surface area contributed by atoms with Crippen LogP contribution in [-0.4, -0.2) is 36.7 Å². The van der Waals surface area contributed by atoms with E-state index in [1.807, 2.05) is 6.92 Å². The Morgan fingerprint density at radius 3 is 2.79 bits per heavy atom. The SMILES string of the molecule is CC(NCC1CCN(C)CC1)c1cc(F)ccc1O. The summed E-state index contributed by atoms with van der Waals surface area (Å²) in [4.78, 5) is 2.35. The Morgan fingerprint density at radius 2 is 2.11 bits per heavy atom. The molecule has 1 aromatic rings. The Morgan fingerprint density at radius 1 is 1.42 bits per heavy atom. The van der Waals surface area contributed by atoms with E-state index in [9.17, 15) is 9.50 Å². The Bertz CT molecular complexity index is 417. The maximum absolute atomic E-state index is 13.2. The van der Waals surface area contributed by atoms with E-state index in [1.165, 1.54) is 31.0 Å². The molecule has 1 atom stereocenters. The van der Waals surface area contributed by atoms with Gasteiger partial charge in [-0.05, 0) is 70.6 Å². The van der Waals surface area contributed by atoms with Crippen molar-refractivity contribution in [3.8, 4) is 5.75 Å². The highest BCUT2D eigenvalue weighted by Crippen LogP contribution is 2.25. The minimum atomic E-state index is -0.305. The first-order valence-electron chi connectivity index (χ1n) is 6.96. The third-order valence-corrected chi connectivity index (χ3v) is 4.01. The molecule has 1 aliphatic heterocycles. The van der Waals surface area contributed by atoms with Crippen molar-refractivity contribution in [1.29, 1.82) is 0 Å². The summed E-state index contributed by atoms with van der Waals surface area (Å²) in [6.07, 6.45) is 2.40. The molecule has 19 heavy (non-hydrogen) atoms. The molecule has 0 spiro atoms. The topological polar surface area (TPSA) is 35.5 Å². The molecule has 1 unspecified atom stereocenters. The van der Waals surface area contributed by atoms with E-state index in [0.29, 0.717) is 11.5 Å². The summed E-state index contributed by atoms with van der Waals surface area (Å²) < 4.78 is 13.2. The van der Waals surface area contributed by atoms with Crippen molar-refractivity contribution in [2.24, 2.45) is 5.92 Å². The van der Waals surface area contributed by atoms with Crippen molar-refractivity contribution in [3.63, 3.8) is 0 Å². The van der Waals surface area contributed by atoms with Gasteiger partial charge in [0.2, 0.25) is 0 Å².